The number of nitriles is 1. The molecule has 0 bridgehead atoms. The molecule has 0 saturated heterocycles. The topological polar surface area (TPSA) is 27.0 Å². The van der Waals surface area contributed by atoms with E-state index in [1.165, 1.54) is 5.69 Å². The summed E-state index contributed by atoms with van der Waals surface area (Å²) in [4.78, 5) is 2.22. The fraction of sp³-hybridized carbons (Fsp3) is 0.458. The second kappa shape index (κ2) is 12.0. The number of anilines is 1. The SMILES string of the molecule is C=C(CC(C)(C)C)/C(C#N)=C/C#Cc1ccc(N(C)CCC)cc1.CC. The Hall–Kier alpha value is -2.45. The fourth-order valence-electron chi connectivity index (χ4n) is 2.40. The van der Waals surface area contributed by atoms with E-state index in [0.29, 0.717) is 5.57 Å². The number of hydrogen-bond donors (Lipinski definition) is 0. The molecule has 0 radical (unpaired) electrons. The van der Waals surface area contributed by atoms with Gasteiger partial charge in [0.25, 0.3) is 0 Å². The standard InChI is InChI=1S/C22H28N2.C2H6/c1-7-15-24(6)21-13-11-19(12-14-21)9-8-10-20(17-23)18(2)16-22(3,4)5;1-2/h10-14H,2,7,15-16H2,1,3-6H3;1-2H3/b20-10+;. The van der Waals surface area contributed by atoms with Gasteiger partial charge in [-0.05, 0) is 48.1 Å². The molecule has 0 fully saturated rings. The van der Waals surface area contributed by atoms with Gasteiger partial charge in [0.05, 0.1) is 5.57 Å². The lowest BCUT2D eigenvalue weighted by Gasteiger charge is -2.18. The van der Waals surface area contributed by atoms with E-state index in [1.54, 1.807) is 6.08 Å². The van der Waals surface area contributed by atoms with Crippen molar-refractivity contribution in [2.24, 2.45) is 5.41 Å². The first kappa shape index (κ1) is 23.5. The molecule has 2 heteroatoms. The highest BCUT2D eigenvalue weighted by molar-refractivity contribution is 5.51. The number of hydrogen-bond acceptors (Lipinski definition) is 2. The third-order valence-electron chi connectivity index (χ3n) is 3.55. The highest BCUT2D eigenvalue weighted by Gasteiger charge is 2.14. The molecule has 0 unspecified atom stereocenters. The summed E-state index contributed by atoms with van der Waals surface area (Å²) in [5, 5.41) is 9.29. The molecule has 1 aromatic rings. The van der Waals surface area contributed by atoms with Gasteiger partial charge in [-0.1, -0.05) is 60.0 Å². The van der Waals surface area contributed by atoms with E-state index in [9.17, 15) is 5.26 Å². The molecule has 0 aliphatic carbocycles. The Labute approximate surface area is 161 Å². The van der Waals surface area contributed by atoms with Gasteiger partial charge in [-0.3, -0.25) is 0 Å². The first-order chi connectivity index (χ1) is 12.3. The zero-order valence-corrected chi connectivity index (χ0v) is 17.6. The molecule has 0 amide bonds. The zero-order chi connectivity index (χ0) is 20.2. The Morgan fingerprint density at radius 1 is 1.19 bits per heavy atom. The van der Waals surface area contributed by atoms with Crippen LogP contribution in [0.15, 0.2) is 48.1 Å². The smallest absolute Gasteiger partial charge is 0.100 e. The molecule has 0 spiro atoms. The number of rotatable bonds is 5. The molecular weight excluding hydrogens is 316 g/mol. The minimum Gasteiger partial charge on any atom is -0.375 e. The first-order valence-corrected chi connectivity index (χ1v) is 9.38. The number of allylic oxidation sites excluding steroid dienone is 3. The molecule has 140 valence electrons. The Balaban J connectivity index is 0.00000301. The van der Waals surface area contributed by atoms with Gasteiger partial charge in [0.2, 0.25) is 0 Å². The number of nitrogens with zero attached hydrogens (tertiary/aromatic N) is 2. The van der Waals surface area contributed by atoms with Crippen molar-refractivity contribution >= 4 is 5.69 Å². The molecule has 0 aliphatic rings. The quantitative estimate of drug-likeness (QED) is 0.351. The van der Waals surface area contributed by atoms with Crippen LogP contribution in [0.4, 0.5) is 5.69 Å². The minimum atomic E-state index is 0.112. The van der Waals surface area contributed by atoms with E-state index in [1.807, 2.05) is 26.0 Å². The van der Waals surface area contributed by atoms with E-state index >= 15 is 0 Å². The van der Waals surface area contributed by atoms with Gasteiger partial charge in [-0.2, -0.15) is 5.26 Å². The van der Waals surface area contributed by atoms with Crippen LogP contribution in [0.3, 0.4) is 0 Å². The summed E-state index contributed by atoms with van der Waals surface area (Å²) in [6, 6.07) is 10.4. The summed E-state index contributed by atoms with van der Waals surface area (Å²) < 4.78 is 0. The van der Waals surface area contributed by atoms with E-state index in [4.69, 9.17) is 0 Å². The van der Waals surface area contributed by atoms with Crippen molar-refractivity contribution in [3.05, 3.63) is 53.6 Å². The largest absolute Gasteiger partial charge is 0.375 e. The van der Waals surface area contributed by atoms with Crippen molar-refractivity contribution in [2.45, 2.75) is 54.4 Å². The van der Waals surface area contributed by atoms with Crippen molar-refractivity contribution in [3.8, 4) is 17.9 Å². The van der Waals surface area contributed by atoms with E-state index < -0.39 is 0 Å². The first-order valence-electron chi connectivity index (χ1n) is 9.38. The van der Waals surface area contributed by atoms with Crippen LogP contribution >= 0.6 is 0 Å². The second-order valence-electron chi connectivity index (χ2n) is 7.25. The maximum Gasteiger partial charge on any atom is 0.100 e. The average molecular weight is 351 g/mol. The van der Waals surface area contributed by atoms with Crippen molar-refractivity contribution in [1.82, 2.24) is 0 Å². The van der Waals surface area contributed by atoms with Crippen LogP contribution in [0.25, 0.3) is 0 Å². The van der Waals surface area contributed by atoms with Crippen molar-refractivity contribution in [3.63, 3.8) is 0 Å². The summed E-state index contributed by atoms with van der Waals surface area (Å²) in [5.74, 6) is 6.07. The lowest BCUT2D eigenvalue weighted by molar-refractivity contribution is 0.413. The van der Waals surface area contributed by atoms with Crippen LogP contribution in [0.5, 0.6) is 0 Å². The van der Waals surface area contributed by atoms with E-state index in [0.717, 1.165) is 30.5 Å². The van der Waals surface area contributed by atoms with Crippen LogP contribution in [0.2, 0.25) is 0 Å². The molecule has 0 saturated carbocycles. The van der Waals surface area contributed by atoms with Crippen LogP contribution < -0.4 is 4.90 Å². The van der Waals surface area contributed by atoms with Gasteiger partial charge in [0.15, 0.2) is 0 Å². The zero-order valence-electron chi connectivity index (χ0n) is 17.6. The van der Waals surface area contributed by atoms with Gasteiger partial charge in [-0.25, -0.2) is 0 Å². The number of benzene rings is 1. The van der Waals surface area contributed by atoms with Crippen molar-refractivity contribution < 1.29 is 0 Å². The van der Waals surface area contributed by atoms with Gasteiger partial charge >= 0.3 is 0 Å². The molecule has 0 N–H and O–H groups in total. The summed E-state index contributed by atoms with van der Waals surface area (Å²) in [6.45, 7) is 17.6. The molecule has 0 heterocycles. The summed E-state index contributed by atoms with van der Waals surface area (Å²) in [5.41, 5.74) is 3.65. The molecule has 2 nitrogen and oxygen atoms in total. The van der Waals surface area contributed by atoms with Crippen LogP contribution in [0, 0.1) is 28.6 Å². The highest BCUT2D eigenvalue weighted by atomic mass is 15.1. The summed E-state index contributed by atoms with van der Waals surface area (Å²) in [7, 11) is 2.09. The maximum absolute atomic E-state index is 9.29. The lowest BCUT2D eigenvalue weighted by atomic mass is 9.86. The van der Waals surface area contributed by atoms with Gasteiger partial charge in [0, 0.05) is 30.9 Å². The van der Waals surface area contributed by atoms with Gasteiger partial charge < -0.3 is 4.90 Å². The molecule has 26 heavy (non-hydrogen) atoms. The summed E-state index contributed by atoms with van der Waals surface area (Å²) >= 11 is 0. The Morgan fingerprint density at radius 3 is 2.23 bits per heavy atom. The van der Waals surface area contributed by atoms with Crippen molar-refractivity contribution in [1.29, 1.82) is 5.26 Å². The predicted molar refractivity (Wildman–Crippen MR) is 115 cm³/mol. The molecule has 0 aromatic heterocycles. The monoisotopic (exact) mass is 350 g/mol. The second-order valence-corrected chi connectivity index (χ2v) is 7.25. The molecule has 0 aliphatic heterocycles. The van der Waals surface area contributed by atoms with Gasteiger partial charge in [0.1, 0.15) is 6.07 Å². The molecule has 0 atom stereocenters. The van der Waals surface area contributed by atoms with Crippen LogP contribution in [-0.4, -0.2) is 13.6 Å². The lowest BCUT2D eigenvalue weighted by Crippen LogP contribution is -2.17. The third kappa shape index (κ3) is 9.14. The Kier molecular flexibility index (Phi) is 10.9. The Morgan fingerprint density at radius 2 is 1.77 bits per heavy atom. The maximum atomic E-state index is 9.29. The van der Waals surface area contributed by atoms with Crippen LogP contribution in [0.1, 0.15) is 59.9 Å². The predicted octanol–water partition coefficient (Wildman–Crippen LogP) is 6.35. The summed E-state index contributed by atoms with van der Waals surface area (Å²) in [6.07, 6.45) is 3.58. The van der Waals surface area contributed by atoms with Gasteiger partial charge in [-0.15, -0.1) is 0 Å². The highest BCUT2D eigenvalue weighted by Crippen LogP contribution is 2.26. The average Bonchev–Trinajstić information content (AvgIpc) is 2.59. The fourth-order valence-corrected chi connectivity index (χ4v) is 2.40. The van der Waals surface area contributed by atoms with E-state index in [2.05, 4.69) is 76.3 Å². The normalized spacial score (nSPS) is 10.6. The molecule has 1 rings (SSSR count). The van der Waals surface area contributed by atoms with Crippen molar-refractivity contribution in [2.75, 3.05) is 18.5 Å². The molecule has 1 aromatic carbocycles. The minimum absolute atomic E-state index is 0.112. The van der Waals surface area contributed by atoms with Crippen LogP contribution in [-0.2, 0) is 0 Å². The third-order valence-corrected chi connectivity index (χ3v) is 3.55. The van der Waals surface area contributed by atoms with E-state index in [-0.39, 0.29) is 5.41 Å². The Bertz CT molecular complexity index is 683. The molecular formula is C24H34N2.